The summed E-state index contributed by atoms with van der Waals surface area (Å²) < 4.78 is 7.01. The van der Waals surface area contributed by atoms with Gasteiger partial charge in [-0.1, -0.05) is 5.16 Å². The van der Waals surface area contributed by atoms with Crippen LogP contribution in [-0.2, 0) is 0 Å². The molecule has 6 nitrogen and oxygen atoms in total. The van der Waals surface area contributed by atoms with Gasteiger partial charge in [0.05, 0.1) is 11.2 Å². The Balaban J connectivity index is 1.79. The number of carbonyl (C=O) groups is 1. The summed E-state index contributed by atoms with van der Waals surface area (Å²) in [5, 5.41) is 17.2. The minimum atomic E-state index is -0.783. The standard InChI is InChI=1S/C16H21N3O3S/c1-10-6-13(12(3)19(10)14-7-11(2)22-18-14)15(20)17-8-16(21)4-5-23-9-16/h6-7,21H,4-5,8-9H2,1-3H3,(H,17,20)/t16-/m1/s1. The van der Waals surface area contributed by atoms with Crippen LogP contribution in [0.5, 0.6) is 0 Å². The molecular formula is C16H21N3O3S. The van der Waals surface area contributed by atoms with Crippen molar-refractivity contribution in [3.05, 3.63) is 34.8 Å². The highest BCUT2D eigenvalue weighted by Crippen LogP contribution is 2.27. The first-order chi connectivity index (χ1) is 10.9. The SMILES string of the molecule is Cc1cc(-n2c(C)cc(C(=O)NC[C@]3(O)CCSC3)c2C)no1. The molecule has 0 radical (unpaired) electrons. The number of hydrogen-bond acceptors (Lipinski definition) is 5. The lowest BCUT2D eigenvalue weighted by atomic mass is 10.0. The second kappa shape index (κ2) is 6.05. The Bertz CT molecular complexity index is 729. The van der Waals surface area contributed by atoms with E-state index in [4.69, 9.17) is 4.52 Å². The van der Waals surface area contributed by atoms with Crippen LogP contribution in [0.25, 0.3) is 5.82 Å². The van der Waals surface area contributed by atoms with Crippen molar-refractivity contribution in [1.29, 1.82) is 0 Å². The third-order valence-corrected chi connectivity index (χ3v) is 5.42. The summed E-state index contributed by atoms with van der Waals surface area (Å²) in [6.45, 7) is 5.92. The van der Waals surface area contributed by atoms with Crippen LogP contribution in [0.4, 0.5) is 0 Å². The van der Waals surface area contributed by atoms with Crippen molar-refractivity contribution in [2.45, 2.75) is 32.8 Å². The molecule has 1 fully saturated rings. The number of nitrogens with zero attached hydrogens (tertiary/aromatic N) is 2. The maximum atomic E-state index is 12.5. The molecule has 3 rings (SSSR count). The number of carbonyl (C=O) groups excluding carboxylic acids is 1. The lowest BCUT2D eigenvalue weighted by Gasteiger charge is -2.21. The van der Waals surface area contributed by atoms with E-state index in [2.05, 4.69) is 10.5 Å². The smallest absolute Gasteiger partial charge is 0.253 e. The van der Waals surface area contributed by atoms with Crippen molar-refractivity contribution in [2.24, 2.45) is 0 Å². The molecular weight excluding hydrogens is 314 g/mol. The molecule has 23 heavy (non-hydrogen) atoms. The molecule has 0 spiro atoms. The molecule has 7 heteroatoms. The van der Waals surface area contributed by atoms with E-state index in [0.29, 0.717) is 17.1 Å². The summed E-state index contributed by atoms with van der Waals surface area (Å²) in [6, 6.07) is 3.67. The quantitative estimate of drug-likeness (QED) is 0.893. The van der Waals surface area contributed by atoms with Crippen LogP contribution >= 0.6 is 11.8 Å². The highest BCUT2D eigenvalue weighted by atomic mass is 32.2. The van der Waals surface area contributed by atoms with Gasteiger partial charge < -0.3 is 14.9 Å². The highest BCUT2D eigenvalue weighted by Gasteiger charge is 2.32. The third-order valence-electron chi connectivity index (χ3n) is 4.18. The van der Waals surface area contributed by atoms with E-state index >= 15 is 0 Å². The molecule has 1 saturated heterocycles. The Labute approximate surface area is 139 Å². The molecule has 124 valence electrons. The second-order valence-corrected chi connectivity index (χ2v) is 7.23. The number of nitrogens with one attached hydrogen (secondary N) is 1. The normalized spacial score (nSPS) is 20.9. The van der Waals surface area contributed by atoms with Crippen molar-refractivity contribution in [3.8, 4) is 5.82 Å². The first kappa shape index (κ1) is 16.1. The number of aromatic nitrogens is 2. The molecule has 0 saturated carbocycles. The summed E-state index contributed by atoms with van der Waals surface area (Å²) in [5.74, 6) is 2.83. The Hall–Kier alpha value is -1.73. The minimum absolute atomic E-state index is 0.171. The van der Waals surface area contributed by atoms with Gasteiger partial charge in [-0.25, -0.2) is 0 Å². The van der Waals surface area contributed by atoms with Gasteiger partial charge in [-0.3, -0.25) is 9.36 Å². The average molecular weight is 335 g/mol. The predicted octanol–water partition coefficient (Wildman–Crippen LogP) is 1.99. The minimum Gasteiger partial charge on any atom is -0.387 e. The van der Waals surface area contributed by atoms with Gasteiger partial charge in [0.2, 0.25) is 0 Å². The summed E-state index contributed by atoms with van der Waals surface area (Å²) >= 11 is 1.71. The van der Waals surface area contributed by atoms with E-state index in [1.54, 1.807) is 11.8 Å². The first-order valence-electron chi connectivity index (χ1n) is 7.61. The number of hydrogen-bond donors (Lipinski definition) is 2. The van der Waals surface area contributed by atoms with Crippen LogP contribution < -0.4 is 5.32 Å². The fourth-order valence-electron chi connectivity index (χ4n) is 2.88. The van der Waals surface area contributed by atoms with Crippen molar-refractivity contribution in [3.63, 3.8) is 0 Å². The zero-order valence-electron chi connectivity index (χ0n) is 13.5. The molecule has 2 aromatic rings. The zero-order valence-corrected chi connectivity index (χ0v) is 14.4. The predicted molar refractivity (Wildman–Crippen MR) is 89.3 cm³/mol. The monoisotopic (exact) mass is 335 g/mol. The van der Waals surface area contributed by atoms with E-state index in [0.717, 1.165) is 29.3 Å². The molecule has 1 amide bonds. The van der Waals surface area contributed by atoms with Gasteiger partial charge in [0.15, 0.2) is 5.82 Å². The number of aliphatic hydroxyl groups is 1. The fourth-order valence-corrected chi connectivity index (χ4v) is 4.17. The molecule has 0 unspecified atom stereocenters. The highest BCUT2D eigenvalue weighted by molar-refractivity contribution is 7.99. The molecule has 3 heterocycles. The number of thioether (sulfide) groups is 1. The summed E-state index contributed by atoms with van der Waals surface area (Å²) in [5.41, 5.74) is 1.53. The van der Waals surface area contributed by atoms with Crippen LogP contribution in [0.3, 0.4) is 0 Å². The Morgan fingerprint density at radius 1 is 1.48 bits per heavy atom. The van der Waals surface area contributed by atoms with E-state index in [-0.39, 0.29) is 12.5 Å². The lowest BCUT2D eigenvalue weighted by Crippen LogP contribution is -2.43. The van der Waals surface area contributed by atoms with Crippen LogP contribution in [0.15, 0.2) is 16.7 Å². The average Bonchev–Trinajstić information content (AvgIpc) is 3.18. The first-order valence-corrected chi connectivity index (χ1v) is 8.76. The number of amides is 1. The number of rotatable bonds is 4. The Morgan fingerprint density at radius 2 is 2.26 bits per heavy atom. The van der Waals surface area contributed by atoms with Crippen molar-refractivity contribution in [1.82, 2.24) is 15.0 Å². The van der Waals surface area contributed by atoms with Crippen LogP contribution in [-0.4, -0.2) is 44.4 Å². The Morgan fingerprint density at radius 3 is 2.87 bits per heavy atom. The molecule has 2 aromatic heterocycles. The van der Waals surface area contributed by atoms with Gasteiger partial charge in [0.1, 0.15) is 5.76 Å². The van der Waals surface area contributed by atoms with Gasteiger partial charge in [-0.05, 0) is 39.0 Å². The lowest BCUT2D eigenvalue weighted by molar-refractivity contribution is 0.0612. The van der Waals surface area contributed by atoms with Crippen molar-refractivity contribution < 1.29 is 14.4 Å². The largest absolute Gasteiger partial charge is 0.387 e. The van der Waals surface area contributed by atoms with Gasteiger partial charge >= 0.3 is 0 Å². The molecule has 0 aliphatic carbocycles. The van der Waals surface area contributed by atoms with Gasteiger partial charge in [-0.2, -0.15) is 11.8 Å². The molecule has 2 N–H and O–H groups in total. The van der Waals surface area contributed by atoms with Crippen molar-refractivity contribution in [2.75, 3.05) is 18.1 Å². The maximum absolute atomic E-state index is 12.5. The molecule has 0 aromatic carbocycles. The van der Waals surface area contributed by atoms with Gasteiger partial charge in [-0.15, -0.1) is 0 Å². The van der Waals surface area contributed by atoms with Gasteiger partial charge in [0, 0.05) is 29.8 Å². The molecule has 1 aliphatic heterocycles. The summed E-state index contributed by atoms with van der Waals surface area (Å²) in [6.07, 6.45) is 0.717. The van der Waals surface area contributed by atoms with E-state index in [1.165, 1.54) is 0 Å². The summed E-state index contributed by atoms with van der Waals surface area (Å²) in [7, 11) is 0. The van der Waals surface area contributed by atoms with Crippen molar-refractivity contribution >= 4 is 17.7 Å². The fraction of sp³-hybridized carbons (Fsp3) is 0.500. The van der Waals surface area contributed by atoms with Crippen LogP contribution in [0.1, 0.15) is 33.9 Å². The molecule has 1 aliphatic rings. The van der Waals surface area contributed by atoms with Crippen LogP contribution in [0.2, 0.25) is 0 Å². The molecule has 0 bridgehead atoms. The maximum Gasteiger partial charge on any atom is 0.253 e. The van der Waals surface area contributed by atoms with Gasteiger partial charge in [0.25, 0.3) is 5.91 Å². The zero-order chi connectivity index (χ0) is 16.6. The Kier molecular flexibility index (Phi) is 4.25. The molecule has 1 atom stereocenters. The topological polar surface area (TPSA) is 80.3 Å². The number of aryl methyl sites for hydroxylation is 2. The third kappa shape index (κ3) is 3.16. The summed E-state index contributed by atoms with van der Waals surface area (Å²) in [4.78, 5) is 12.5. The van der Waals surface area contributed by atoms with E-state index < -0.39 is 5.60 Å². The van der Waals surface area contributed by atoms with E-state index in [9.17, 15) is 9.90 Å². The van der Waals surface area contributed by atoms with Crippen LogP contribution in [0, 0.1) is 20.8 Å². The van der Waals surface area contributed by atoms with E-state index in [1.807, 2.05) is 37.5 Å². The second-order valence-electron chi connectivity index (χ2n) is 6.13.